The van der Waals surface area contributed by atoms with Crippen LogP contribution in [0.5, 0.6) is 0 Å². The van der Waals surface area contributed by atoms with Gasteiger partial charge in [-0.2, -0.15) is 0 Å². The number of carbonyl (C=O) groups excluding carboxylic acids is 1. The summed E-state index contributed by atoms with van der Waals surface area (Å²) in [6.07, 6.45) is 8.59. The molecule has 4 rings (SSSR count). The zero-order valence-corrected chi connectivity index (χ0v) is 34.4. The van der Waals surface area contributed by atoms with Crippen molar-refractivity contribution in [2.24, 2.45) is 50.7 Å². The zero-order chi connectivity index (χ0) is 36.0. The Kier molecular flexibility index (Phi) is 10.2. The molecule has 4 fully saturated rings. The summed E-state index contributed by atoms with van der Waals surface area (Å²) in [6.45, 7) is 35.8. The molecule has 11 atom stereocenters. The molecule has 0 bridgehead atoms. The van der Waals surface area contributed by atoms with E-state index in [1.807, 2.05) is 27.7 Å². The van der Waals surface area contributed by atoms with E-state index in [-0.39, 0.29) is 68.5 Å². The molecule has 0 aliphatic heterocycles. The van der Waals surface area contributed by atoms with E-state index in [1.165, 1.54) is 5.57 Å². The van der Waals surface area contributed by atoms with E-state index in [2.05, 4.69) is 88.4 Å². The molecule has 272 valence electrons. The van der Waals surface area contributed by atoms with Crippen molar-refractivity contribution >= 4 is 14.3 Å². The Hall–Kier alpha value is -0.693. The largest absolute Gasteiger partial charge is 0.462 e. The minimum atomic E-state index is -2.02. The highest BCUT2D eigenvalue weighted by atomic mass is 28.4. The zero-order valence-electron chi connectivity index (χ0n) is 33.4. The molecule has 0 amide bonds. The maximum Gasteiger partial charge on any atom is 0.311 e. The fraction of sp³-hybridized carbons (Fsp3) is 0.927. The number of hydrogen-bond acceptors (Lipinski definition) is 5. The number of hydrogen-bond donors (Lipinski definition) is 2. The lowest BCUT2D eigenvalue weighted by Crippen LogP contribution is -2.70. The third-order valence-electron chi connectivity index (χ3n) is 15.3. The topological polar surface area (TPSA) is 76.0 Å². The first-order valence-corrected chi connectivity index (χ1v) is 21.9. The summed E-state index contributed by atoms with van der Waals surface area (Å²) in [5, 5.41) is 24.7. The van der Waals surface area contributed by atoms with Crippen molar-refractivity contribution in [2.45, 2.75) is 190 Å². The van der Waals surface area contributed by atoms with E-state index < -0.39 is 25.4 Å². The van der Waals surface area contributed by atoms with E-state index in [4.69, 9.17) is 9.16 Å². The standard InChI is InChI=1S/C41H74O5Si/c1-26(2)18-17-21-41(14,44)27-19-23-39(12)32(27)29(45-34(43)35(3,4)5)24-30-38(11)22-20-31(46-47(15,16)36(6,7)8)37(9,10)33(38)28(42)25-40(30,39)13/h18,27-33,42,44H,17,19-25H2,1-16H3/t27-,28-,29+,30+,31-,32-,33-,38+,39+,40+,41-/m0/s1. The van der Waals surface area contributed by atoms with Crippen molar-refractivity contribution in [1.82, 2.24) is 0 Å². The summed E-state index contributed by atoms with van der Waals surface area (Å²) >= 11 is 0. The number of aliphatic hydroxyl groups is 2. The number of fused-ring (bicyclic) bond motifs is 5. The van der Waals surface area contributed by atoms with Gasteiger partial charge >= 0.3 is 5.97 Å². The number of allylic oxidation sites excluding steroid dienone is 2. The highest BCUT2D eigenvalue weighted by Crippen LogP contribution is 2.76. The van der Waals surface area contributed by atoms with Crippen LogP contribution in [0.1, 0.15) is 148 Å². The van der Waals surface area contributed by atoms with Crippen LogP contribution in [0.4, 0.5) is 0 Å². The second-order valence-electron chi connectivity index (χ2n) is 21.1. The Labute approximate surface area is 290 Å². The summed E-state index contributed by atoms with van der Waals surface area (Å²) in [5.41, 5.74) is -0.871. The highest BCUT2D eigenvalue weighted by Gasteiger charge is 2.74. The van der Waals surface area contributed by atoms with Crippen molar-refractivity contribution < 1.29 is 24.2 Å². The smallest absolute Gasteiger partial charge is 0.311 e. The van der Waals surface area contributed by atoms with Gasteiger partial charge in [-0.25, -0.2) is 0 Å². The molecule has 47 heavy (non-hydrogen) atoms. The van der Waals surface area contributed by atoms with Gasteiger partial charge in [0.25, 0.3) is 0 Å². The molecule has 0 radical (unpaired) electrons. The van der Waals surface area contributed by atoms with Gasteiger partial charge in [0.15, 0.2) is 8.32 Å². The molecule has 4 aliphatic carbocycles. The van der Waals surface area contributed by atoms with Gasteiger partial charge in [0.05, 0.1) is 23.2 Å². The molecular weight excluding hydrogens is 601 g/mol. The minimum absolute atomic E-state index is 0.0291. The summed E-state index contributed by atoms with van der Waals surface area (Å²) in [5.74, 6) is 0.287. The first kappa shape index (κ1) is 39.1. The van der Waals surface area contributed by atoms with Gasteiger partial charge in [-0.3, -0.25) is 4.79 Å². The fourth-order valence-electron chi connectivity index (χ4n) is 11.6. The lowest BCUT2D eigenvalue weighted by atomic mass is 9.34. The lowest BCUT2D eigenvalue weighted by molar-refractivity contribution is -0.276. The molecule has 4 aliphatic rings. The molecular formula is C41H74O5Si. The average molecular weight is 675 g/mol. The molecule has 0 heterocycles. The number of rotatable bonds is 7. The van der Waals surface area contributed by atoms with E-state index in [0.29, 0.717) is 6.42 Å². The Morgan fingerprint density at radius 2 is 1.53 bits per heavy atom. The quantitative estimate of drug-likeness (QED) is 0.160. The molecule has 2 N–H and O–H groups in total. The van der Waals surface area contributed by atoms with Crippen LogP contribution in [0.25, 0.3) is 0 Å². The molecule has 6 heteroatoms. The van der Waals surface area contributed by atoms with Crippen molar-refractivity contribution in [3.05, 3.63) is 11.6 Å². The van der Waals surface area contributed by atoms with E-state index in [1.54, 1.807) is 0 Å². The normalized spacial score (nSPS) is 41.6. The third kappa shape index (κ3) is 6.50. The van der Waals surface area contributed by atoms with Crippen molar-refractivity contribution in [3.63, 3.8) is 0 Å². The second kappa shape index (κ2) is 12.2. The first-order chi connectivity index (χ1) is 21.1. The van der Waals surface area contributed by atoms with Crippen LogP contribution in [0, 0.1) is 50.7 Å². The Bertz CT molecular complexity index is 1200. The van der Waals surface area contributed by atoms with Gasteiger partial charge in [-0.1, -0.05) is 67.0 Å². The summed E-state index contributed by atoms with van der Waals surface area (Å²) in [6, 6.07) is 0. The average Bonchev–Trinajstić information content (AvgIpc) is 3.25. The molecule has 0 aromatic carbocycles. The van der Waals surface area contributed by atoms with Crippen molar-refractivity contribution in [2.75, 3.05) is 0 Å². The minimum Gasteiger partial charge on any atom is -0.462 e. The van der Waals surface area contributed by atoms with Crippen LogP contribution in [0.15, 0.2) is 11.6 Å². The number of ether oxygens (including phenoxy) is 1. The van der Waals surface area contributed by atoms with Gasteiger partial charge in [0.2, 0.25) is 0 Å². The molecule has 0 spiro atoms. The van der Waals surface area contributed by atoms with Crippen molar-refractivity contribution in [1.29, 1.82) is 0 Å². The maximum atomic E-state index is 13.7. The Morgan fingerprint density at radius 1 is 0.936 bits per heavy atom. The van der Waals surface area contributed by atoms with Crippen LogP contribution in [0.3, 0.4) is 0 Å². The second-order valence-corrected chi connectivity index (χ2v) is 25.9. The molecule has 0 aromatic rings. The SMILES string of the molecule is CC(C)=CCC[C@](C)(O)[C@H]1CC[C@]2(C)[C@@H]1[C@H](OC(=O)C(C)(C)C)C[C@@H]1[C@@]3(C)CC[C@H](O[Si](C)(C)C(C)(C)C)C(C)(C)[C@@H]3[C@@H](O)C[C@]12C. The van der Waals surface area contributed by atoms with E-state index in [0.717, 1.165) is 44.9 Å². The monoisotopic (exact) mass is 675 g/mol. The van der Waals surface area contributed by atoms with Crippen LogP contribution < -0.4 is 0 Å². The summed E-state index contributed by atoms with van der Waals surface area (Å²) in [4.78, 5) is 13.7. The number of carbonyl (C=O) groups is 1. The fourth-order valence-corrected chi connectivity index (χ4v) is 13.1. The number of esters is 1. The van der Waals surface area contributed by atoms with Crippen LogP contribution >= 0.6 is 0 Å². The van der Waals surface area contributed by atoms with Crippen LogP contribution in [0.2, 0.25) is 18.1 Å². The van der Waals surface area contributed by atoms with Crippen LogP contribution in [-0.4, -0.2) is 48.4 Å². The lowest BCUT2D eigenvalue weighted by Gasteiger charge is -2.72. The van der Waals surface area contributed by atoms with Gasteiger partial charge in [-0.15, -0.1) is 0 Å². The summed E-state index contributed by atoms with van der Waals surface area (Å²) in [7, 11) is -2.02. The van der Waals surface area contributed by atoms with Gasteiger partial charge in [0.1, 0.15) is 6.10 Å². The predicted molar refractivity (Wildman–Crippen MR) is 196 cm³/mol. The summed E-state index contributed by atoms with van der Waals surface area (Å²) < 4.78 is 13.9. The Morgan fingerprint density at radius 3 is 2.06 bits per heavy atom. The molecule has 0 aromatic heterocycles. The maximum absolute atomic E-state index is 13.7. The first-order valence-electron chi connectivity index (χ1n) is 19.0. The predicted octanol–water partition coefficient (Wildman–Crippen LogP) is 10.1. The van der Waals surface area contributed by atoms with Gasteiger partial charge in [0, 0.05) is 5.92 Å². The molecule has 4 saturated carbocycles. The van der Waals surface area contributed by atoms with Crippen LogP contribution in [-0.2, 0) is 14.0 Å². The van der Waals surface area contributed by atoms with Crippen molar-refractivity contribution in [3.8, 4) is 0 Å². The third-order valence-corrected chi connectivity index (χ3v) is 19.8. The van der Waals surface area contributed by atoms with Gasteiger partial charge < -0.3 is 19.4 Å². The Balaban J connectivity index is 1.78. The van der Waals surface area contributed by atoms with E-state index >= 15 is 0 Å². The highest BCUT2D eigenvalue weighted by molar-refractivity contribution is 6.74. The van der Waals surface area contributed by atoms with E-state index in [9.17, 15) is 15.0 Å². The number of aliphatic hydroxyl groups excluding tert-OH is 1. The van der Waals surface area contributed by atoms with Gasteiger partial charge in [-0.05, 0) is 150 Å². The molecule has 0 saturated heterocycles. The molecule has 5 nitrogen and oxygen atoms in total. The molecule has 0 unspecified atom stereocenters.